The van der Waals surface area contributed by atoms with Gasteiger partial charge in [0, 0.05) is 31.8 Å². The molecule has 1 aromatic rings. The minimum Gasteiger partial charge on any atom is -0.449 e. The summed E-state index contributed by atoms with van der Waals surface area (Å²) in [5.41, 5.74) is 0.539. The Labute approximate surface area is 152 Å². The lowest BCUT2D eigenvalue weighted by atomic mass is 9.98. The van der Waals surface area contributed by atoms with Crippen LogP contribution in [0.15, 0.2) is 18.2 Å². The molecule has 26 heavy (non-hydrogen) atoms. The number of amides is 1. The maximum Gasteiger partial charge on any atom is 0.341 e. The first-order valence-corrected chi connectivity index (χ1v) is 8.85. The van der Waals surface area contributed by atoms with Gasteiger partial charge in [-0.1, -0.05) is 6.92 Å². The largest absolute Gasteiger partial charge is 0.449 e. The Balaban J connectivity index is 2.28. The lowest BCUT2D eigenvalue weighted by molar-refractivity contribution is -0.384. The van der Waals surface area contributed by atoms with E-state index in [0.29, 0.717) is 18.2 Å². The zero-order valence-corrected chi connectivity index (χ0v) is 15.4. The fourth-order valence-corrected chi connectivity index (χ4v) is 2.92. The van der Waals surface area contributed by atoms with Crippen LogP contribution >= 0.6 is 0 Å². The molecule has 0 radical (unpaired) electrons. The summed E-state index contributed by atoms with van der Waals surface area (Å²) in [6, 6.07) is 4.19. The molecule has 0 unspecified atom stereocenters. The van der Waals surface area contributed by atoms with Crippen LogP contribution in [0.5, 0.6) is 0 Å². The number of benzene rings is 1. The van der Waals surface area contributed by atoms with E-state index in [1.165, 1.54) is 19.1 Å². The van der Waals surface area contributed by atoms with Crippen molar-refractivity contribution in [1.82, 2.24) is 5.32 Å². The third kappa shape index (κ3) is 4.71. The van der Waals surface area contributed by atoms with Gasteiger partial charge in [0.1, 0.15) is 0 Å². The third-order valence-corrected chi connectivity index (χ3v) is 4.54. The Morgan fingerprint density at radius 3 is 2.62 bits per heavy atom. The van der Waals surface area contributed by atoms with Crippen LogP contribution in [-0.2, 0) is 9.53 Å². The van der Waals surface area contributed by atoms with Crippen LogP contribution in [-0.4, -0.2) is 42.5 Å². The number of hydrogen-bond acceptors (Lipinski definition) is 6. The minimum atomic E-state index is -0.976. The second-order valence-corrected chi connectivity index (χ2v) is 6.57. The molecule has 0 spiro atoms. The van der Waals surface area contributed by atoms with Crippen LogP contribution in [0.4, 0.5) is 11.4 Å². The molecule has 1 atom stereocenters. The Kier molecular flexibility index (Phi) is 6.54. The van der Waals surface area contributed by atoms with Crippen LogP contribution in [0.3, 0.4) is 0 Å². The highest BCUT2D eigenvalue weighted by Gasteiger charge is 2.26. The smallest absolute Gasteiger partial charge is 0.341 e. The number of nitrogens with one attached hydrogen (secondary N) is 1. The van der Waals surface area contributed by atoms with E-state index in [0.717, 1.165) is 25.9 Å². The van der Waals surface area contributed by atoms with E-state index in [1.54, 1.807) is 13.0 Å². The number of ether oxygens (including phenoxy) is 1. The standard InChI is InChI=1S/C18H25N3O5/c1-4-19-17(22)13(3)26-18(23)15-11-14(21(24)25)5-6-16(15)20-9-7-12(2)8-10-20/h5-6,11-13H,4,7-10H2,1-3H3,(H,19,22)/t13-/m1/s1. The number of non-ortho nitro benzene ring substituents is 1. The van der Waals surface area contributed by atoms with Crippen molar-refractivity contribution in [2.45, 2.75) is 39.7 Å². The Morgan fingerprint density at radius 2 is 2.04 bits per heavy atom. The number of nitro groups is 1. The van der Waals surface area contributed by atoms with Gasteiger partial charge < -0.3 is 15.0 Å². The lowest BCUT2D eigenvalue weighted by Crippen LogP contribution is -2.37. The summed E-state index contributed by atoms with van der Waals surface area (Å²) in [5, 5.41) is 13.7. The summed E-state index contributed by atoms with van der Waals surface area (Å²) in [5.74, 6) is -0.529. The number of rotatable bonds is 6. The number of piperidine rings is 1. The number of hydrogen-bond donors (Lipinski definition) is 1. The number of nitrogens with zero attached hydrogens (tertiary/aromatic N) is 2. The van der Waals surface area contributed by atoms with Gasteiger partial charge in [-0.2, -0.15) is 0 Å². The number of anilines is 1. The van der Waals surface area contributed by atoms with Gasteiger partial charge in [0.15, 0.2) is 6.10 Å². The molecule has 1 saturated heterocycles. The highest BCUT2D eigenvalue weighted by molar-refractivity contribution is 5.98. The van der Waals surface area contributed by atoms with Gasteiger partial charge in [0.05, 0.1) is 16.2 Å². The van der Waals surface area contributed by atoms with Gasteiger partial charge in [-0.15, -0.1) is 0 Å². The van der Waals surface area contributed by atoms with E-state index in [9.17, 15) is 19.7 Å². The zero-order chi connectivity index (χ0) is 19.3. The quantitative estimate of drug-likeness (QED) is 0.473. The lowest BCUT2D eigenvalue weighted by Gasteiger charge is -2.33. The summed E-state index contributed by atoms with van der Waals surface area (Å²) in [6.45, 7) is 7.38. The molecular weight excluding hydrogens is 338 g/mol. The summed E-state index contributed by atoms with van der Waals surface area (Å²) in [4.78, 5) is 37.0. The van der Waals surface area contributed by atoms with Gasteiger partial charge >= 0.3 is 5.97 Å². The summed E-state index contributed by atoms with van der Waals surface area (Å²) in [7, 11) is 0. The van der Waals surface area contributed by atoms with Crippen LogP contribution in [0, 0.1) is 16.0 Å². The van der Waals surface area contributed by atoms with Crippen LogP contribution < -0.4 is 10.2 Å². The first-order chi connectivity index (χ1) is 12.3. The molecule has 0 aliphatic carbocycles. The van der Waals surface area contributed by atoms with Crippen molar-refractivity contribution in [3.8, 4) is 0 Å². The van der Waals surface area contributed by atoms with Crippen molar-refractivity contribution >= 4 is 23.3 Å². The Morgan fingerprint density at radius 1 is 1.38 bits per heavy atom. The second kappa shape index (κ2) is 8.64. The van der Waals surface area contributed by atoms with Crippen LogP contribution in [0.1, 0.15) is 44.0 Å². The van der Waals surface area contributed by atoms with Crippen molar-refractivity contribution in [2.75, 3.05) is 24.5 Å². The first-order valence-electron chi connectivity index (χ1n) is 8.85. The van der Waals surface area contributed by atoms with Crippen LogP contribution in [0.2, 0.25) is 0 Å². The Hall–Kier alpha value is -2.64. The van der Waals surface area contributed by atoms with E-state index in [-0.39, 0.29) is 11.3 Å². The van der Waals surface area contributed by atoms with E-state index < -0.39 is 22.9 Å². The number of carbonyl (C=O) groups excluding carboxylic acids is 2. The van der Waals surface area contributed by atoms with Crippen molar-refractivity contribution in [2.24, 2.45) is 5.92 Å². The van der Waals surface area contributed by atoms with Gasteiger partial charge in [0.2, 0.25) is 0 Å². The molecule has 1 fully saturated rings. The number of esters is 1. The maximum absolute atomic E-state index is 12.6. The molecule has 0 saturated carbocycles. The minimum absolute atomic E-state index is 0.116. The molecule has 1 heterocycles. The molecular formula is C18H25N3O5. The second-order valence-electron chi connectivity index (χ2n) is 6.57. The van der Waals surface area contributed by atoms with Crippen LogP contribution in [0.25, 0.3) is 0 Å². The highest BCUT2D eigenvalue weighted by Crippen LogP contribution is 2.30. The van der Waals surface area contributed by atoms with E-state index in [4.69, 9.17) is 4.74 Å². The van der Waals surface area contributed by atoms with Crippen molar-refractivity contribution in [3.05, 3.63) is 33.9 Å². The molecule has 142 valence electrons. The molecule has 1 aliphatic rings. The SMILES string of the molecule is CCNC(=O)[C@@H](C)OC(=O)c1cc([N+](=O)[O-])ccc1N1CCC(C)CC1. The summed E-state index contributed by atoms with van der Waals surface area (Å²) >= 11 is 0. The molecule has 1 aliphatic heterocycles. The topological polar surface area (TPSA) is 102 Å². The molecule has 8 nitrogen and oxygen atoms in total. The molecule has 2 rings (SSSR count). The fraction of sp³-hybridized carbons (Fsp3) is 0.556. The molecule has 0 aromatic heterocycles. The number of likely N-dealkylation sites (N-methyl/N-ethyl adjacent to an activating group) is 1. The summed E-state index contributed by atoms with van der Waals surface area (Å²) < 4.78 is 5.24. The molecule has 1 amide bonds. The first kappa shape index (κ1) is 19.7. The van der Waals surface area contributed by atoms with Crippen molar-refractivity contribution in [3.63, 3.8) is 0 Å². The highest BCUT2D eigenvalue weighted by atomic mass is 16.6. The van der Waals surface area contributed by atoms with Crippen molar-refractivity contribution in [1.29, 1.82) is 0 Å². The fourth-order valence-electron chi connectivity index (χ4n) is 2.92. The molecule has 8 heteroatoms. The van der Waals surface area contributed by atoms with E-state index in [1.807, 2.05) is 4.90 Å². The monoisotopic (exact) mass is 363 g/mol. The van der Waals surface area contributed by atoms with Gasteiger partial charge in [0.25, 0.3) is 11.6 Å². The molecule has 1 aromatic carbocycles. The maximum atomic E-state index is 12.6. The average molecular weight is 363 g/mol. The molecule has 1 N–H and O–H groups in total. The summed E-state index contributed by atoms with van der Waals surface area (Å²) in [6.07, 6.45) is 0.998. The average Bonchev–Trinajstić information content (AvgIpc) is 2.62. The van der Waals surface area contributed by atoms with E-state index in [2.05, 4.69) is 12.2 Å². The van der Waals surface area contributed by atoms with E-state index >= 15 is 0 Å². The zero-order valence-electron chi connectivity index (χ0n) is 15.4. The number of nitro benzene ring substituents is 1. The predicted octanol–water partition coefficient (Wildman–Crippen LogP) is 2.51. The number of carbonyl (C=O) groups is 2. The third-order valence-electron chi connectivity index (χ3n) is 4.54. The predicted molar refractivity (Wildman–Crippen MR) is 97.3 cm³/mol. The van der Waals surface area contributed by atoms with Gasteiger partial charge in [-0.05, 0) is 38.7 Å². The van der Waals surface area contributed by atoms with Crippen molar-refractivity contribution < 1.29 is 19.2 Å². The Bertz CT molecular complexity index is 683. The normalized spacial score (nSPS) is 16.0. The van der Waals surface area contributed by atoms with Gasteiger partial charge in [-0.3, -0.25) is 14.9 Å². The molecule has 0 bridgehead atoms. The van der Waals surface area contributed by atoms with Gasteiger partial charge in [-0.25, -0.2) is 4.79 Å².